The predicted molar refractivity (Wildman–Crippen MR) is 54.3 cm³/mol. The third kappa shape index (κ3) is 2.19. The Kier molecular flexibility index (Phi) is 3.27. The minimum absolute atomic E-state index is 0.0845. The van der Waals surface area contributed by atoms with Crippen molar-refractivity contribution < 1.29 is 9.60 Å². The van der Waals surface area contributed by atoms with Crippen molar-refractivity contribution in [3.8, 4) is 0 Å². The first kappa shape index (κ1) is 10.5. The lowest BCUT2D eigenvalue weighted by Gasteiger charge is -2.04. The summed E-state index contributed by atoms with van der Waals surface area (Å²) in [5, 5.41) is 11.3. The van der Waals surface area contributed by atoms with Crippen molar-refractivity contribution in [1.82, 2.24) is 0 Å². The van der Waals surface area contributed by atoms with Crippen LogP contribution >= 0.6 is 31.9 Å². The third-order valence-corrected chi connectivity index (χ3v) is 2.62. The van der Waals surface area contributed by atoms with Crippen molar-refractivity contribution in [2.45, 2.75) is 0 Å². The van der Waals surface area contributed by atoms with E-state index in [1.807, 2.05) is 0 Å². The van der Waals surface area contributed by atoms with Gasteiger partial charge in [0.15, 0.2) is 5.84 Å². The topological polar surface area (TPSA) is 58.6 Å². The summed E-state index contributed by atoms with van der Waals surface area (Å²) in [5.74, 6) is -0.494. The van der Waals surface area contributed by atoms with Gasteiger partial charge in [0, 0.05) is 14.5 Å². The number of nitrogens with zero attached hydrogens (tertiary/aromatic N) is 1. The van der Waals surface area contributed by atoms with Crippen molar-refractivity contribution >= 4 is 37.7 Å². The Balaban J connectivity index is 3.37. The van der Waals surface area contributed by atoms with E-state index in [0.717, 1.165) is 0 Å². The Labute approximate surface area is 90.7 Å². The Morgan fingerprint density at radius 2 is 1.85 bits per heavy atom. The molecule has 0 atom stereocenters. The monoisotopic (exact) mass is 310 g/mol. The van der Waals surface area contributed by atoms with E-state index in [0.29, 0.717) is 14.5 Å². The van der Waals surface area contributed by atoms with E-state index in [1.165, 1.54) is 12.1 Å². The number of nitrogens with two attached hydrogens (primary N) is 1. The molecule has 1 aromatic rings. The zero-order valence-corrected chi connectivity index (χ0v) is 9.43. The molecular formula is C7H5Br2FN2O. The predicted octanol–water partition coefficient (Wildman–Crippen LogP) is 2.45. The molecule has 0 bridgehead atoms. The molecule has 0 aliphatic heterocycles. The van der Waals surface area contributed by atoms with Crippen LogP contribution < -0.4 is 5.73 Å². The maximum absolute atomic E-state index is 12.8. The summed E-state index contributed by atoms with van der Waals surface area (Å²) in [6.07, 6.45) is 0. The minimum Gasteiger partial charge on any atom is -0.409 e. The van der Waals surface area contributed by atoms with E-state index in [2.05, 4.69) is 37.0 Å². The molecule has 1 aromatic carbocycles. The van der Waals surface area contributed by atoms with Crippen LogP contribution in [0.15, 0.2) is 26.2 Å². The zero-order chi connectivity index (χ0) is 10.0. The van der Waals surface area contributed by atoms with Gasteiger partial charge in [0.2, 0.25) is 0 Å². The van der Waals surface area contributed by atoms with Gasteiger partial charge in [-0.3, -0.25) is 0 Å². The van der Waals surface area contributed by atoms with Gasteiger partial charge < -0.3 is 10.9 Å². The number of hydrogen-bond donors (Lipinski definition) is 2. The van der Waals surface area contributed by atoms with E-state index in [1.54, 1.807) is 0 Å². The van der Waals surface area contributed by atoms with Gasteiger partial charge in [0.05, 0.1) is 0 Å². The maximum Gasteiger partial charge on any atom is 0.172 e. The lowest BCUT2D eigenvalue weighted by atomic mass is 10.2. The lowest BCUT2D eigenvalue weighted by Crippen LogP contribution is -2.14. The van der Waals surface area contributed by atoms with Crippen molar-refractivity contribution in [2.24, 2.45) is 10.9 Å². The molecule has 3 N–H and O–H groups in total. The van der Waals surface area contributed by atoms with Gasteiger partial charge in [-0.25, -0.2) is 4.39 Å². The van der Waals surface area contributed by atoms with Crippen molar-refractivity contribution in [3.05, 3.63) is 32.5 Å². The van der Waals surface area contributed by atoms with Gasteiger partial charge in [0.1, 0.15) is 5.82 Å². The van der Waals surface area contributed by atoms with Crippen LogP contribution in [0.3, 0.4) is 0 Å². The summed E-state index contributed by atoms with van der Waals surface area (Å²) in [7, 11) is 0. The van der Waals surface area contributed by atoms with Crippen LogP contribution in [0.2, 0.25) is 0 Å². The summed E-state index contributed by atoms with van der Waals surface area (Å²) in [6.45, 7) is 0. The smallest absolute Gasteiger partial charge is 0.172 e. The van der Waals surface area contributed by atoms with Crippen LogP contribution in [-0.4, -0.2) is 11.0 Å². The fourth-order valence-corrected chi connectivity index (χ4v) is 2.37. The van der Waals surface area contributed by atoms with Crippen molar-refractivity contribution in [1.29, 1.82) is 0 Å². The summed E-state index contributed by atoms with van der Waals surface area (Å²) < 4.78 is 13.6. The number of hydrogen-bond acceptors (Lipinski definition) is 2. The highest BCUT2D eigenvalue weighted by Crippen LogP contribution is 2.26. The second-order valence-electron chi connectivity index (χ2n) is 2.23. The SMILES string of the molecule is N/C(=N\O)c1c(Br)cc(F)cc1Br. The first-order valence-electron chi connectivity index (χ1n) is 3.18. The lowest BCUT2D eigenvalue weighted by molar-refractivity contribution is 0.318. The Morgan fingerprint density at radius 3 is 2.23 bits per heavy atom. The Bertz CT molecular complexity index is 345. The quantitative estimate of drug-likeness (QED) is 0.362. The summed E-state index contributed by atoms with van der Waals surface area (Å²) in [6, 6.07) is 2.47. The normalized spacial score (nSPS) is 11.8. The molecule has 0 aliphatic rings. The average molecular weight is 312 g/mol. The highest BCUT2D eigenvalue weighted by molar-refractivity contribution is 9.11. The minimum atomic E-state index is -0.409. The molecule has 0 fully saturated rings. The molecule has 0 saturated carbocycles. The fraction of sp³-hybridized carbons (Fsp3) is 0. The van der Waals surface area contributed by atoms with Crippen LogP contribution in [0.4, 0.5) is 4.39 Å². The molecular weight excluding hydrogens is 307 g/mol. The maximum atomic E-state index is 12.8. The zero-order valence-electron chi connectivity index (χ0n) is 6.26. The summed E-state index contributed by atoms with van der Waals surface area (Å²) >= 11 is 6.19. The van der Waals surface area contributed by atoms with Gasteiger partial charge in [-0.05, 0) is 44.0 Å². The third-order valence-electron chi connectivity index (χ3n) is 1.37. The molecule has 1 rings (SSSR count). The van der Waals surface area contributed by atoms with Gasteiger partial charge in [-0.1, -0.05) is 5.16 Å². The Hall–Kier alpha value is -0.620. The van der Waals surface area contributed by atoms with Crippen molar-refractivity contribution in [3.63, 3.8) is 0 Å². The molecule has 6 heteroatoms. The standard InChI is InChI=1S/C7H5Br2FN2O/c8-4-1-3(10)2-5(9)6(4)7(11)12-13/h1-2,13H,(H2,11,12). The molecule has 3 nitrogen and oxygen atoms in total. The molecule has 0 heterocycles. The molecule has 0 saturated heterocycles. The molecule has 0 unspecified atom stereocenters. The highest BCUT2D eigenvalue weighted by atomic mass is 79.9. The number of benzene rings is 1. The van der Waals surface area contributed by atoms with Gasteiger partial charge >= 0.3 is 0 Å². The number of halogens is 3. The van der Waals surface area contributed by atoms with E-state index in [9.17, 15) is 4.39 Å². The molecule has 0 aliphatic carbocycles. The van der Waals surface area contributed by atoms with Crippen LogP contribution in [0.25, 0.3) is 0 Å². The molecule has 70 valence electrons. The van der Waals surface area contributed by atoms with E-state index < -0.39 is 5.82 Å². The van der Waals surface area contributed by atoms with E-state index in [4.69, 9.17) is 10.9 Å². The first-order valence-corrected chi connectivity index (χ1v) is 4.77. The van der Waals surface area contributed by atoms with Gasteiger partial charge in [-0.15, -0.1) is 0 Å². The van der Waals surface area contributed by atoms with Crippen molar-refractivity contribution in [2.75, 3.05) is 0 Å². The van der Waals surface area contributed by atoms with Crippen LogP contribution in [0, 0.1) is 5.82 Å². The summed E-state index contributed by atoms with van der Waals surface area (Å²) in [5.41, 5.74) is 5.78. The Morgan fingerprint density at radius 1 is 1.38 bits per heavy atom. The molecule has 0 amide bonds. The number of rotatable bonds is 1. The average Bonchev–Trinajstić information content (AvgIpc) is 2.02. The summed E-state index contributed by atoms with van der Waals surface area (Å²) in [4.78, 5) is 0. The van der Waals surface area contributed by atoms with Crippen LogP contribution in [-0.2, 0) is 0 Å². The number of oxime groups is 1. The van der Waals surface area contributed by atoms with E-state index in [-0.39, 0.29) is 5.84 Å². The highest BCUT2D eigenvalue weighted by Gasteiger charge is 2.11. The van der Waals surface area contributed by atoms with Crippen LogP contribution in [0.5, 0.6) is 0 Å². The molecule has 0 radical (unpaired) electrons. The molecule has 0 aromatic heterocycles. The van der Waals surface area contributed by atoms with Crippen LogP contribution in [0.1, 0.15) is 5.56 Å². The van der Waals surface area contributed by atoms with Gasteiger partial charge in [-0.2, -0.15) is 0 Å². The second-order valence-corrected chi connectivity index (χ2v) is 3.94. The molecule has 13 heavy (non-hydrogen) atoms. The van der Waals surface area contributed by atoms with Gasteiger partial charge in [0.25, 0.3) is 0 Å². The number of amidine groups is 1. The largest absolute Gasteiger partial charge is 0.409 e. The molecule has 0 spiro atoms. The second kappa shape index (κ2) is 4.06. The first-order chi connectivity index (χ1) is 6.06. The van der Waals surface area contributed by atoms with E-state index >= 15 is 0 Å². The fourth-order valence-electron chi connectivity index (χ4n) is 0.837.